The van der Waals surface area contributed by atoms with Crippen LogP contribution in [0.3, 0.4) is 0 Å². The molecule has 6 nitrogen and oxygen atoms in total. The molecule has 1 aliphatic carbocycles. The minimum atomic E-state index is -3.94. The molecule has 1 aromatic carbocycles. The fourth-order valence-electron chi connectivity index (χ4n) is 2.89. The lowest BCUT2D eigenvalue weighted by Crippen LogP contribution is -2.48. The third-order valence-electron chi connectivity index (χ3n) is 4.17. The topological polar surface area (TPSA) is 84.5 Å². The van der Waals surface area contributed by atoms with Crippen molar-refractivity contribution in [2.24, 2.45) is 0 Å². The maximum atomic E-state index is 12.7. The van der Waals surface area contributed by atoms with Crippen LogP contribution < -0.4 is 14.8 Å². The Morgan fingerprint density at radius 3 is 2.64 bits per heavy atom. The molecule has 1 aliphatic rings. The van der Waals surface area contributed by atoms with Crippen LogP contribution in [0.4, 0.5) is 0 Å². The Morgan fingerprint density at radius 1 is 1.32 bits per heavy atom. The van der Waals surface area contributed by atoms with Gasteiger partial charge in [-0.1, -0.05) is 30.9 Å². The Morgan fingerprint density at radius 2 is 2.00 bits per heavy atom. The van der Waals surface area contributed by atoms with E-state index < -0.39 is 16.1 Å². The number of ether oxygens (including phenoxy) is 1. The van der Waals surface area contributed by atoms with E-state index in [4.69, 9.17) is 16.3 Å². The summed E-state index contributed by atoms with van der Waals surface area (Å²) in [6.45, 7) is 3.61. The van der Waals surface area contributed by atoms with E-state index in [2.05, 4.69) is 10.0 Å². The second-order valence-corrected chi connectivity index (χ2v) is 8.33. The van der Waals surface area contributed by atoms with Gasteiger partial charge in [-0.05, 0) is 44.9 Å². The van der Waals surface area contributed by atoms with E-state index in [9.17, 15) is 13.2 Å². The Balaban J connectivity index is 2.09. The molecule has 0 bridgehead atoms. The highest BCUT2D eigenvalue weighted by molar-refractivity contribution is 7.89. The Hall–Kier alpha value is -1.31. The van der Waals surface area contributed by atoms with Gasteiger partial charge in [0.2, 0.25) is 15.9 Å². The molecule has 25 heavy (non-hydrogen) atoms. The first-order chi connectivity index (χ1) is 11.8. The molecule has 1 unspecified atom stereocenters. The Bertz CT molecular complexity index is 703. The molecule has 0 aliphatic heterocycles. The van der Waals surface area contributed by atoms with Gasteiger partial charge in [0.15, 0.2) is 0 Å². The summed E-state index contributed by atoms with van der Waals surface area (Å²) in [6.07, 6.45) is 5.24. The van der Waals surface area contributed by atoms with Gasteiger partial charge in [0.25, 0.3) is 0 Å². The van der Waals surface area contributed by atoms with Gasteiger partial charge in [0.05, 0.1) is 12.6 Å². The van der Waals surface area contributed by atoms with Gasteiger partial charge in [-0.2, -0.15) is 4.72 Å². The Labute approximate surface area is 154 Å². The number of carbonyl (C=O) groups excluding carboxylic acids is 1. The van der Waals surface area contributed by atoms with Gasteiger partial charge in [-0.15, -0.1) is 0 Å². The predicted molar refractivity (Wildman–Crippen MR) is 97.4 cm³/mol. The molecular weight excluding hydrogens is 364 g/mol. The summed E-state index contributed by atoms with van der Waals surface area (Å²) in [5.41, 5.74) is 0. The number of rotatable bonds is 7. The molecule has 0 radical (unpaired) electrons. The first kappa shape index (κ1) is 20.0. The third-order valence-corrected chi connectivity index (χ3v) is 5.97. The molecule has 0 heterocycles. The summed E-state index contributed by atoms with van der Waals surface area (Å²) < 4.78 is 33.1. The van der Waals surface area contributed by atoms with Gasteiger partial charge >= 0.3 is 0 Å². The lowest BCUT2D eigenvalue weighted by atomic mass is 9.95. The lowest BCUT2D eigenvalue weighted by molar-refractivity contribution is -0.123. The fourth-order valence-corrected chi connectivity index (χ4v) is 4.50. The minimum absolute atomic E-state index is 0.0702. The highest BCUT2D eigenvalue weighted by Gasteiger charge is 2.27. The predicted octanol–water partition coefficient (Wildman–Crippen LogP) is 2.85. The van der Waals surface area contributed by atoms with Gasteiger partial charge < -0.3 is 10.1 Å². The summed E-state index contributed by atoms with van der Waals surface area (Å²) in [5, 5.41) is 3.20. The second-order valence-electron chi connectivity index (χ2n) is 6.21. The maximum absolute atomic E-state index is 12.7. The fraction of sp³-hybridized carbons (Fsp3) is 0.588. The number of nitrogens with one attached hydrogen (secondary N) is 2. The molecule has 2 rings (SSSR count). The largest absolute Gasteiger partial charge is 0.492 e. The molecule has 2 N–H and O–H groups in total. The molecule has 1 atom stereocenters. The van der Waals surface area contributed by atoms with E-state index in [1.54, 1.807) is 13.0 Å². The number of amides is 1. The van der Waals surface area contributed by atoms with Crippen LogP contribution >= 0.6 is 11.6 Å². The summed E-state index contributed by atoms with van der Waals surface area (Å²) in [7, 11) is -3.94. The van der Waals surface area contributed by atoms with Crippen molar-refractivity contribution in [3.05, 3.63) is 23.2 Å². The van der Waals surface area contributed by atoms with Gasteiger partial charge in [-0.25, -0.2) is 8.42 Å². The highest BCUT2D eigenvalue weighted by atomic mass is 35.5. The van der Waals surface area contributed by atoms with Crippen LogP contribution in [-0.4, -0.2) is 33.0 Å². The lowest BCUT2D eigenvalue weighted by Gasteiger charge is -2.24. The number of halogens is 1. The summed E-state index contributed by atoms with van der Waals surface area (Å²) >= 11 is 5.92. The molecule has 0 saturated heterocycles. The van der Waals surface area contributed by atoms with Crippen LogP contribution in [-0.2, 0) is 14.8 Å². The zero-order chi connectivity index (χ0) is 18.4. The summed E-state index contributed by atoms with van der Waals surface area (Å²) in [4.78, 5) is 12.2. The van der Waals surface area contributed by atoms with Crippen LogP contribution in [0.15, 0.2) is 23.1 Å². The van der Waals surface area contributed by atoms with Crippen molar-refractivity contribution >= 4 is 27.5 Å². The third kappa shape index (κ3) is 5.59. The zero-order valence-electron chi connectivity index (χ0n) is 14.5. The number of hydrogen-bond acceptors (Lipinski definition) is 4. The van der Waals surface area contributed by atoms with Crippen LogP contribution in [0, 0.1) is 0 Å². The molecule has 1 fully saturated rings. The number of sulfonamides is 1. The van der Waals surface area contributed by atoms with E-state index in [1.165, 1.54) is 25.5 Å². The minimum Gasteiger partial charge on any atom is -0.492 e. The van der Waals surface area contributed by atoms with E-state index in [0.29, 0.717) is 6.61 Å². The van der Waals surface area contributed by atoms with Gasteiger partial charge in [0, 0.05) is 11.1 Å². The monoisotopic (exact) mass is 388 g/mol. The molecule has 1 aromatic rings. The first-order valence-electron chi connectivity index (χ1n) is 8.58. The standard InChI is InChI=1S/C17H25ClN2O4S/c1-3-24-15-10-9-13(18)11-16(15)25(22,23)20-12(2)17(21)19-14-7-5-4-6-8-14/h9-12,14,20H,3-8H2,1-2H3,(H,19,21). The number of benzene rings is 1. The summed E-state index contributed by atoms with van der Waals surface area (Å²) in [5.74, 6) is -0.116. The van der Waals surface area contributed by atoms with Gasteiger partial charge in [-0.3, -0.25) is 4.79 Å². The molecular formula is C17H25ClN2O4S. The normalized spacial score (nSPS) is 17.1. The van der Waals surface area contributed by atoms with Crippen LogP contribution in [0.1, 0.15) is 46.0 Å². The van der Waals surface area contributed by atoms with Crippen molar-refractivity contribution in [1.82, 2.24) is 10.0 Å². The van der Waals surface area contributed by atoms with E-state index in [0.717, 1.165) is 25.7 Å². The van der Waals surface area contributed by atoms with Crippen molar-refractivity contribution in [2.45, 2.75) is 62.9 Å². The molecule has 140 valence electrons. The zero-order valence-corrected chi connectivity index (χ0v) is 16.1. The van der Waals surface area contributed by atoms with Crippen molar-refractivity contribution in [3.8, 4) is 5.75 Å². The number of hydrogen-bond donors (Lipinski definition) is 2. The van der Waals surface area contributed by atoms with E-state index in [-0.39, 0.29) is 27.6 Å². The average molecular weight is 389 g/mol. The van der Waals surface area contributed by atoms with Crippen LogP contribution in [0.5, 0.6) is 5.75 Å². The van der Waals surface area contributed by atoms with E-state index >= 15 is 0 Å². The molecule has 1 amide bonds. The van der Waals surface area contributed by atoms with Crippen molar-refractivity contribution in [1.29, 1.82) is 0 Å². The number of carbonyl (C=O) groups is 1. The van der Waals surface area contributed by atoms with Gasteiger partial charge in [0.1, 0.15) is 10.6 Å². The SMILES string of the molecule is CCOc1ccc(Cl)cc1S(=O)(=O)NC(C)C(=O)NC1CCCCC1. The average Bonchev–Trinajstić information content (AvgIpc) is 2.57. The Kier molecular flexibility index (Phi) is 7.10. The van der Waals surface area contributed by atoms with Crippen molar-refractivity contribution in [2.75, 3.05) is 6.61 Å². The first-order valence-corrected chi connectivity index (χ1v) is 10.4. The summed E-state index contributed by atoms with van der Waals surface area (Å²) in [6, 6.07) is 3.62. The molecule has 8 heteroatoms. The van der Waals surface area contributed by atoms with Crippen molar-refractivity contribution < 1.29 is 17.9 Å². The maximum Gasteiger partial charge on any atom is 0.245 e. The van der Waals surface area contributed by atoms with Crippen LogP contribution in [0.25, 0.3) is 0 Å². The smallest absolute Gasteiger partial charge is 0.245 e. The highest BCUT2D eigenvalue weighted by Crippen LogP contribution is 2.27. The molecule has 1 saturated carbocycles. The van der Waals surface area contributed by atoms with Crippen molar-refractivity contribution in [3.63, 3.8) is 0 Å². The second kappa shape index (κ2) is 8.87. The van der Waals surface area contributed by atoms with Crippen LogP contribution in [0.2, 0.25) is 5.02 Å². The van der Waals surface area contributed by atoms with E-state index in [1.807, 2.05) is 0 Å². The molecule has 0 aromatic heterocycles. The quantitative estimate of drug-likeness (QED) is 0.752. The molecule has 0 spiro atoms.